The summed E-state index contributed by atoms with van der Waals surface area (Å²) in [6.07, 6.45) is 7.83. The van der Waals surface area contributed by atoms with E-state index in [0.29, 0.717) is 16.4 Å². The van der Waals surface area contributed by atoms with Crippen molar-refractivity contribution in [3.8, 4) is 0 Å². The number of rotatable bonds is 10. The molecule has 0 radical (unpaired) electrons. The van der Waals surface area contributed by atoms with Crippen LogP contribution in [0.3, 0.4) is 0 Å². The topological polar surface area (TPSA) is 82.1 Å². The molecule has 1 saturated carbocycles. The first-order valence-electron chi connectivity index (χ1n) is 10.5. The van der Waals surface area contributed by atoms with E-state index in [4.69, 9.17) is 18.4 Å². The van der Waals surface area contributed by atoms with Gasteiger partial charge in [-0.15, -0.1) is 0 Å². The molecule has 1 fully saturated rings. The van der Waals surface area contributed by atoms with Crippen LogP contribution in [-0.4, -0.2) is 51.0 Å². The molecule has 0 amide bonds. The quantitative estimate of drug-likeness (QED) is 0.234. The zero-order chi connectivity index (χ0) is 22.5. The zero-order valence-electron chi connectivity index (χ0n) is 19.5. The van der Waals surface area contributed by atoms with Crippen molar-refractivity contribution >= 4 is 40.5 Å². The van der Waals surface area contributed by atoms with E-state index in [1.807, 2.05) is 0 Å². The van der Waals surface area contributed by atoms with Crippen LogP contribution in [0.1, 0.15) is 59.8 Å². The maximum Gasteiger partial charge on any atom is 0.333 e. The number of carbonyl (C=O) groups is 2. The lowest BCUT2D eigenvalue weighted by Gasteiger charge is -2.57. The summed E-state index contributed by atoms with van der Waals surface area (Å²) in [5.74, 6) is -1.37. The predicted molar refractivity (Wildman–Crippen MR) is 124 cm³/mol. The third-order valence-corrected chi connectivity index (χ3v) is 10.6. The predicted octanol–water partition coefficient (Wildman–Crippen LogP) is 2.69. The summed E-state index contributed by atoms with van der Waals surface area (Å²) in [4.78, 5) is 23.5. The summed E-state index contributed by atoms with van der Waals surface area (Å²) in [6.45, 7) is 15.0. The minimum Gasteiger partial charge on any atom is -0.478 e. The molecule has 0 aromatic heterocycles. The summed E-state index contributed by atoms with van der Waals surface area (Å²) in [5, 5.41) is 8.88. The minimum absolute atomic E-state index is 0.156. The van der Waals surface area contributed by atoms with Crippen LogP contribution in [0.2, 0.25) is 19.6 Å². The van der Waals surface area contributed by atoms with Gasteiger partial charge in [-0.1, -0.05) is 47.0 Å². The highest BCUT2D eigenvalue weighted by atomic mass is 28.4. The Kier molecular flexibility index (Phi) is 9.10. The van der Waals surface area contributed by atoms with Gasteiger partial charge >= 0.3 is 11.9 Å². The van der Waals surface area contributed by atoms with Crippen LogP contribution in [-0.2, 0) is 22.9 Å². The molecule has 0 saturated heterocycles. The molecule has 168 valence electrons. The van der Waals surface area contributed by atoms with Crippen LogP contribution in [0.25, 0.3) is 0 Å². The molecule has 0 spiro atoms. The smallest absolute Gasteiger partial charge is 0.333 e. The van der Waals surface area contributed by atoms with Gasteiger partial charge in [-0.3, -0.25) is 0 Å². The molecule has 9 heteroatoms. The summed E-state index contributed by atoms with van der Waals surface area (Å²) in [7, 11) is -2.99. The molecular formula is C20H40O6Si3. The molecule has 1 atom stereocenters. The number of carboxylic acid groups (broad SMARTS) is 1. The summed E-state index contributed by atoms with van der Waals surface area (Å²) in [5.41, 5.74) is -1.82. The van der Waals surface area contributed by atoms with Gasteiger partial charge in [0.15, 0.2) is 8.32 Å². The van der Waals surface area contributed by atoms with Crippen LogP contribution in [0.5, 0.6) is 0 Å². The number of hydrogen-bond donors (Lipinski definition) is 1. The van der Waals surface area contributed by atoms with Crippen LogP contribution in [0.15, 0.2) is 12.2 Å². The summed E-state index contributed by atoms with van der Waals surface area (Å²) >= 11 is 0. The monoisotopic (exact) mass is 460 g/mol. The third kappa shape index (κ3) is 6.61. The second kappa shape index (κ2) is 10.0. The molecule has 29 heavy (non-hydrogen) atoms. The van der Waals surface area contributed by atoms with Crippen molar-refractivity contribution in [2.75, 3.05) is 0 Å². The largest absolute Gasteiger partial charge is 0.478 e. The number of hydrogen-bond acceptors (Lipinski definition) is 5. The Morgan fingerprint density at radius 3 is 2.07 bits per heavy atom. The van der Waals surface area contributed by atoms with Gasteiger partial charge in [0.2, 0.25) is 15.2 Å². The fourth-order valence-corrected chi connectivity index (χ4v) is 9.72. The molecule has 6 nitrogen and oxygen atoms in total. The Balaban J connectivity index is 3.44. The van der Waals surface area contributed by atoms with E-state index in [2.05, 4.69) is 47.3 Å². The third-order valence-electron chi connectivity index (χ3n) is 6.62. The SMILES string of the molecule is CC(C)(C1CCCCC1)C(C)(C)C(OC(=O)/C=C/C(=O)O)(O[Si](C)(C)C)[SiH2]O[SiH3]. The summed E-state index contributed by atoms with van der Waals surface area (Å²) < 4.78 is 18.5. The van der Waals surface area contributed by atoms with Crippen molar-refractivity contribution in [2.45, 2.75) is 84.9 Å². The van der Waals surface area contributed by atoms with Crippen molar-refractivity contribution in [2.24, 2.45) is 16.7 Å². The van der Waals surface area contributed by atoms with Gasteiger partial charge in [0, 0.05) is 17.6 Å². The Bertz CT molecular complexity index is 606. The number of esters is 1. The van der Waals surface area contributed by atoms with Gasteiger partial charge in [0.1, 0.15) is 10.5 Å². The number of aliphatic carboxylic acids is 1. The number of ether oxygens (including phenoxy) is 1. The van der Waals surface area contributed by atoms with Crippen LogP contribution in [0.4, 0.5) is 0 Å². The molecule has 1 rings (SSSR count). The number of carboxylic acids is 1. The van der Waals surface area contributed by atoms with Crippen molar-refractivity contribution in [1.82, 2.24) is 0 Å². The molecule has 0 aromatic rings. The Morgan fingerprint density at radius 1 is 1.07 bits per heavy atom. The van der Waals surface area contributed by atoms with E-state index in [9.17, 15) is 9.59 Å². The van der Waals surface area contributed by atoms with Gasteiger partial charge in [-0.05, 0) is 43.8 Å². The Labute approximate surface area is 182 Å². The first kappa shape index (κ1) is 26.3. The normalized spacial score (nSPS) is 19.7. The van der Waals surface area contributed by atoms with Crippen molar-refractivity contribution in [3.63, 3.8) is 0 Å². The number of carbonyl (C=O) groups excluding carboxylic acids is 1. The average Bonchev–Trinajstić information content (AvgIpc) is 2.59. The van der Waals surface area contributed by atoms with E-state index in [1.165, 1.54) is 19.3 Å². The van der Waals surface area contributed by atoms with Crippen LogP contribution >= 0.6 is 0 Å². The van der Waals surface area contributed by atoms with Gasteiger partial charge in [-0.25, -0.2) is 9.59 Å². The first-order valence-corrected chi connectivity index (χ1v) is 16.0. The fraction of sp³-hybridized carbons (Fsp3) is 0.800. The molecule has 0 heterocycles. The highest BCUT2D eigenvalue weighted by molar-refractivity contribution is 6.70. The minimum atomic E-state index is -2.13. The van der Waals surface area contributed by atoms with Crippen LogP contribution in [0, 0.1) is 16.7 Å². The molecule has 1 aliphatic rings. The maximum atomic E-state index is 12.6. The first-order chi connectivity index (χ1) is 13.2. The molecule has 0 aromatic carbocycles. The van der Waals surface area contributed by atoms with E-state index in [-0.39, 0.29) is 5.41 Å². The lowest BCUT2D eigenvalue weighted by Crippen LogP contribution is -2.65. The maximum absolute atomic E-state index is 12.6. The Hall–Kier alpha value is -0.749. The van der Waals surface area contributed by atoms with Crippen molar-refractivity contribution in [3.05, 3.63) is 12.2 Å². The van der Waals surface area contributed by atoms with Gasteiger partial charge in [0.25, 0.3) is 0 Å². The lowest BCUT2D eigenvalue weighted by atomic mass is 9.57. The average molecular weight is 461 g/mol. The van der Waals surface area contributed by atoms with E-state index in [1.54, 1.807) is 0 Å². The zero-order valence-corrected chi connectivity index (χ0v) is 23.9. The van der Waals surface area contributed by atoms with Gasteiger partial charge < -0.3 is 18.4 Å². The standard InChI is InChI=1S/C20H40O6Si3/c1-18(2,15-11-9-8-10-12-15)19(3,4)20(28-26-27,25-29(5,6)7)24-17(23)14-13-16(21)22/h13-15H,8-12,28H2,1-7,27H3,(H,21,22)/b14-13+. The molecule has 1 N–H and O–H groups in total. The molecule has 0 aliphatic heterocycles. The van der Waals surface area contributed by atoms with Gasteiger partial charge in [-0.2, -0.15) is 0 Å². The van der Waals surface area contributed by atoms with E-state index < -0.39 is 40.8 Å². The second-order valence-corrected chi connectivity index (χ2v) is 18.1. The van der Waals surface area contributed by atoms with Crippen LogP contribution < -0.4 is 0 Å². The van der Waals surface area contributed by atoms with Gasteiger partial charge in [0.05, 0.1) is 0 Å². The molecule has 0 bridgehead atoms. The Morgan fingerprint density at radius 2 is 1.62 bits per heavy atom. The lowest BCUT2D eigenvalue weighted by molar-refractivity contribution is -0.231. The van der Waals surface area contributed by atoms with Crippen molar-refractivity contribution < 1.29 is 28.0 Å². The second-order valence-electron chi connectivity index (χ2n) is 10.2. The molecular weight excluding hydrogens is 420 g/mol. The summed E-state index contributed by atoms with van der Waals surface area (Å²) in [6, 6.07) is 0. The molecule has 1 unspecified atom stereocenters. The highest BCUT2D eigenvalue weighted by Crippen LogP contribution is 2.56. The van der Waals surface area contributed by atoms with Crippen molar-refractivity contribution in [1.29, 1.82) is 0 Å². The van der Waals surface area contributed by atoms with E-state index in [0.717, 1.165) is 25.0 Å². The highest BCUT2D eigenvalue weighted by Gasteiger charge is 2.60. The molecule has 1 aliphatic carbocycles. The van der Waals surface area contributed by atoms with E-state index >= 15 is 0 Å². The fourth-order valence-electron chi connectivity index (χ4n) is 4.36.